The molecule has 0 fully saturated rings. The Kier molecular flexibility index (Phi) is 6.33. The average Bonchev–Trinajstić information content (AvgIpc) is 3.28. The lowest BCUT2D eigenvalue weighted by atomic mass is 10.0. The van der Waals surface area contributed by atoms with Crippen LogP contribution in [0, 0.1) is 12.7 Å². The summed E-state index contributed by atoms with van der Waals surface area (Å²) >= 11 is 0. The van der Waals surface area contributed by atoms with Gasteiger partial charge in [0.25, 0.3) is 0 Å². The maximum Gasteiger partial charge on any atom is 0.167 e. The quantitative estimate of drug-likeness (QED) is 0.524. The van der Waals surface area contributed by atoms with E-state index in [9.17, 15) is 4.39 Å². The van der Waals surface area contributed by atoms with Gasteiger partial charge in [-0.2, -0.15) is 5.10 Å². The topological polar surface area (TPSA) is 55.2 Å². The van der Waals surface area contributed by atoms with Crippen molar-refractivity contribution in [2.75, 3.05) is 7.11 Å². The highest BCUT2D eigenvalue weighted by Gasteiger charge is 2.17. The van der Waals surface area contributed by atoms with Crippen LogP contribution < -0.4 is 4.74 Å². The van der Waals surface area contributed by atoms with E-state index in [1.807, 2.05) is 63.5 Å². The number of rotatable bonds is 2. The van der Waals surface area contributed by atoms with E-state index in [0.717, 1.165) is 22.3 Å². The van der Waals surface area contributed by atoms with E-state index in [4.69, 9.17) is 4.74 Å². The Labute approximate surface area is 152 Å². The smallest absolute Gasteiger partial charge is 0.167 e. The number of methoxy groups -OCH3 is 1. The number of imidazole rings is 1. The largest absolute Gasteiger partial charge is 0.493 e. The Hall–Kier alpha value is -2.89. The predicted octanol–water partition coefficient (Wildman–Crippen LogP) is 5.39. The molecule has 3 aromatic heterocycles. The van der Waals surface area contributed by atoms with Crippen LogP contribution >= 0.6 is 0 Å². The van der Waals surface area contributed by atoms with Gasteiger partial charge in [-0.05, 0) is 19.1 Å². The van der Waals surface area contributed by atoms with Crippen LogP contribution in [0.5, 0.6) is 5.75 Å². The van der Waals surface area contributed by atoms with E-state index in [-0.39, 0.29) is 5.75 Å². The van der Waals surface area contributed by atoms with Gasteiger partial charge in [0, 0.05) is 35.0 Å². The molecule has 0 saturated carbocycles. The fourth-order valence-electron chi connectivity index (χ4n) is 2.79. The van der Waals surface area contributed by atoms with Crippen LogP contribution in [0.2, 0.25) is 0 Å². The molecule has 0 aliphatic heterocycles. The molecule has 6 heteroatoms. The maximum atomic E-state index is 14.3. The number of aryl methyl sites for hydroxylation is 1. The van der Waals surface area contributed by atoms with Crippen molar-refractivity contribution in [1.29, 1.82) is 0 Å². The number of hydrogen-bond acceptors (Lipinski definition) is 3. The number of hydrogen-bond donors (Lipinski definition) is 1. The van der Waals surface area contributed by atoms with E-state index >= 15 is 0 Å². The molecule has 4 rings (SSSR count). The molecule has 0 unspecified atom stereocenters. The third-order valence-corrected chi connectivity index (χ3v) is 3.72. The van der Waals surface area contributed by atoms with Gasteiger partial charge in [-0.15, -0.1) is 0 Å². The number of fused-ring (bicyclic) bond motifs is 2. The summed E-state index contributed by atoms with van der Waals surface area (Å²) in [5, 5.41) is 7.62. The van der Waals surface area contributed by atoms with Crippen LogP contribution in [-0.2, 0) is 0 Å². The first-order valence-electron chi connectivity index (χ1n) is 8.82. The molecule has 4 aromatic rings. The van der Waals surface area contributed by atoms with Gasteiger partial charge >= 0.3 is 0 Å². The molecule has 0 aliphatic rings. The van der Waals surface area contributed by atoms with Crippen molar-refractivity contribution in [3.63, 3.8) is 0 Å². The number of ether oxygens (including phenoxy) is 1. The van der Waals surface area contributed by atoms with Gasteiger partial charge in [0.15, 0.2) is 11.6 Å². The molecule has 1 N–H and O–H groups in total. The van der Waals surface area contributed by atoms with E-state index < -0.39 is 5.82 Å². The lowest BCUT2D eigenvalue weighted by Crippen LogP contribution is -1.94. The maximum absolute atomic E-state index is 14.3. The van der Waals surface area contributed by atoms with Crippen LogP contribution in [0.4, 0.5) is 4.39 Å². The van der Waals surface area contributed by atoms with Crippen LogP contribution in [0.15, 0.2) is 36.8 Å². The third kappa shape index (κ3) is 3.40. The van der Waals surface area contributed by atoms with Gasteiger partial charge in [0.2, 0.25) is 0 Å². The Morgan fingerprint density at radius 2 is 1.85 bits per heavy atom. The zero-order valence-electron chi connectivity index (χ0n) is 16.1. The first kappa shape index (κ1) is 19.4. The highest BCUT2D eigenvalue weighted by atomic mass is 19.1. The summed E-state index contributed by atoms with van der Waals surface area (Å²) in [6, 6.07) is 5.20. The summed E-state index contributed by atoms with van der Waals surface area (Å²) in [5.74, 6) is -0.207. The first-order valence-corrected chi connectivity index (χ1v) is 8.82. The van der Waals surface area contributed by atoms with Crippen LogP contribution in [-0.4, -0.2) is 26.7 Å². The van der Waals surface area contributed by atoms with Crippen molar-refractivity contribution in [3.8, 4) is 16.9 Å². The molecule has 0 bridgehead atoms. The second-order valence-corrected chi connectivity index (χ2v) is 5.16. The number of aromatic nitrogens is 4. The van der Waals surface area contributed by atoms with Crippen LogP contribution in [0.1, 0.15) is 33.4 Å². The van der Waals surface area contributed by atoms with Gasteiger partial charge in [0.05, 0.1) is 24.5 Å². The number of aromatic amines is 1. The average molecular weight is 356 g/mol. The van der Waals surface area contributed by atoms with Crippen molar-refractivity contribution in [2.45, 2.75) is 34.6 Å². The highest BCUT2D eigenvalue weighted by Crippen LogP contribution is 2.38. The summed E-state index contributed by atoms with van der Waals surface area (Å²) in [6.45, 7) is 9.93. The first-order chi connectivity index (χ1) is 12.7. The van der Waals surface area contributed by atoms with Crippen LogP contribution in [0.3, 0.4) is 0 Å². The molecule has 0 saturated heterocycles. The van der Waals surface area contributed by atoms with Gasteiger partial charge in [-0.3, -0.25) is 5.10 Å². The summed E-state index contributed by atoms with van der Waals surface area (Å²) in [5.41, 5.74) is 3.93. The van der Waals surface area contributed by atoms with Crippen molar-refractivity contribution >= 4 is 16.6 Å². The van der Waals surface area contributed by atoms with E-state index in [0.29, 0.717) is 11.1 Å². The van der Waals surface area contributed by atoms with E-state index in [2.05, 4.69) is 15.2 Å². The van der Waals surface area contributed by atoms with E-state index in [1.165, 1.54) is 13.2 Å². The molecule has 5 nitrogen and oxygen atoms in total. The fourth-order valence-corrected chi connectivity index (χ4v) is 2.79. The Morgan fingerprint density at radius 3 is 2.54 bits per heavy atom. The summed E-state index contributed by atoms with van der Waals surface area (Å²) in [4.78, 5) is 4.40. The Balaban J connectivity index is 0.000000570. The summed E-state index contributed by atoms with van der Waals surface area (Å²) in [6.07, 6.45) is 5.52. The molecule has 0 radical (unpaired) electrons. The van der Waals surface area contributed by atoms with Gasteiger partial charge in [-0.1, -0.05) is 27.7 Å². The summed E-state index contributed by atoms with van der Waals surface area (Å²) in [7, 11) is 1.47. The minimum Gasteiger partial charge on any atom is -0.493 e. The van der Waals surface area contributed by atoms with Crippen LogP contribution in [0.25, 0.3) is 27.7 Å². The molecule has 138 valence electrons. The zero-order valence-corrected chi connectivity index (χ0v) is 16.1. The second-order valence-electron chi connectivity index (χ2n) is 5.16. The Bertz CT molecular complexity index is 1000. The molecule has 0 atom stereocenters. The summed E-state index contributed by atoms with van der Waals surface area (Å²) < 4.78 is 21.5. The number of halogens is 1. The molecular formula is C20H25FN4O. The van der Waals surface area contributed by atoms with Crippen molar-refractivity contribution < 1.29 is 9.13 Å². The van der Waals surface area contributed by atoms with Gasteiger partial charge in [-0.25, -0.2) is 9.37 Å². The van der Waals surface area contributed by atoms with E-state index in [1.54, 1.807) is 6.20 Å². The normalized spacial score (nSPS) is 10.1. The van der Waals surface area contributed by atoms with Crippen molar-refractivity contribution in [2.24, 2.45) is 0 Å². The minimum absolute atomic E-state index is 0.213. The highest BCUT2D eigenvalue weighted by molar-refractivity contribution is 5.98. The number of H-pyrrole nitrogens is 1. The molecule has 0 spiro atoms. The number of benzene rings is 1. The SMILES string of the molecule is CC.CC.COc1c(F)cc2[nH]ncc2c1-c1ccc2nc(C)cn2c1. The third-order valence-electron chi connectivity index (χ3n) is 3.72. The lowest BCUT2D eigenvalue weighted by molar-refractivity contribution is 0.389. The molecular weight excluding hydrogens is 331 g/mol. The number of nitrogens with one attached hydrogen (secondary N) is 1. The molecule has 26 heavy (non-hydrogen) atoms. The zero-order chi connectivity index (χ0) is 19.3. The standard InChI is InChI=1S/C16H13FN4O.2C2H6/c1-9-7-21-8-10(3-4-14(21)19-9)15-11-6-18-20-13(11)5-12(17)16(15)22-2;2*1-2/h3-8H,1-2H3,(H,18,20);2*1-2H3. The second kappa shape index (κ2) is 8.47. The molecule has 1 aromatic carbocycles. The minimum atomic E-state index is -0.420. The van der Waals surface area contributed by atoms with Crippen molar-refractivity contribution in [3.05, 3.63) is 48.3 Å². The monoisotopic (exact) mass is 356 g/mol. The van der Waals surface area contributed by atoms with Crippen molar-refractivity contribution in [1.82, 2.24) is 19.6 Å². The lowest BCUT2D eigenvalue weighted by Gasteiger charge is -2.11. The number of pyridine rings is 1. The molecule has 3 heterocycles. The van der Waals surface area contributed by atoms with Gasteiger partial charge in [0.1, 0.15) is 5.65 Å². The Morgan fingerprint density at radius 1 is 1.12 bits per heavy atom. The number of nitrogens with zero attached hydrogens (tertiary/aromatic N) is 3. The fraction of sp³-hybridized carbons (Fsp3) is 0.300. The molecule has 0 aliphatic carbocycles. The predicted molar refractivity (Wildman–Crippen MR) is 104 cm³/mol. The molecule has 0 amide bonds. The van der Waals surface area contributed by atoms with Gasteiger partial charge < -0.3 is 9.14 Å².